The van der Waals surface area contributed by atoms with Gasteiger partial charge in [-0.25, -0.2) is 12.7 Å². The van der Waals surface area contributed by atoms with Gasteiger partial charge in [-0.15, -0.1) is 0 Å². The lowest BCUT2D eigenvalue weighted by molar-refractivity contribution is 0.102. The van der Waals surface area contributed by atoms with Crippen LogP contribution in [0.15, 0.2) is 27.6 Å². The molecule has 25 heavy (non-hydrogen) atoms. The van der Waals surface area contributed by atoms with E-state index in [0.717, 1.165) is 4.31 Å². The third-order valence-corrected chi connectivity index (χ3v) is 5.51. The van der Waals surface area contributed by atoms with Gasteiger partial charge in [0.25, 0.3) is 5.91 Å². The molecule has 0 aliphatic rings. The van der Waals surface area contributed by atoms with Crippen LogP contribution in [0.4, 0.5) is 5.69 Å². The Bertz CT molecular complexity index is 887. The number of rotatable bonds is 6. The number of carbonyl (C=O) groups excluding carboxylic acids is 1. The molecule has 0 bridgehead atoms. The van der Waals surface area contributed by atoms with Gasteiger partial charge in [-0.3, -0.25) is 4.79 Å². The van der Waals surface area contributed by atoms with E-state index < -0.39 is 15.9 Å². The first kappa shape index (κ1) is 18.9. The van der Waals surface area contributed by atoms with Crippen molar-refractivity contribution in [3.8, 4) is 5.75 Å². The Morgan fingerprint density at radius 3 is 2.60 bits per heavy atom. The zero-order chi connectivity index (χ0) is 18.8. The number of aryl methyl sites for hydroxylation is 2. The first-order chi connectivity index (χ1) is 11.7. The Balaban J connectivity index is 2.41. The molecule has 0 saturated heterocycles. The third-order valence-electron chi connectivity index (χ3n) is 3.68. The fourth-order valence-electron chi connectivity index (χ4n) is 2.30. The molecule has 2 rings (SSSR count). The van der Waals surface area contributed by atoms with E-state index in [9.17, 15) is 13.2 Å². The average molecular weight is 367 g/mol. The molecule has 1 aromatic heterocycles. The molecule has 0 atom stereocenters. The summed E-state index contributed by atoms with van der Waals surface area (Å²) in [6.45, 7) is 3.51. The topological polar surface area (TPSA) is 102 Å². The molecule has 136 valence electrons. The summed E-state index contributed by atoms with van der Waals surface area (Å²) >= 11 is 0. The number of hydrogen-bond acceptors (Lipinski definition) is 6. The monoisotopic (exact) mass is 367 g/mol. The highest BCUT2D eigenvalue weighted by atomic mass is 32.2. The van der Waals surface area contributed by atoms with E-state index in [0.29, 0.717) is 29.1 Å². The van der Waals surface area contributed by atoms with Gasteiger partial charge >= 0.3 is 0 Å². The number of ether oxygens (including phenoxy) is 1. The number of nitrogens with zero attached hydrogens (tertiary/aromatic N) is 2. The molecule has 0 fully saturated rings. The highest BCUT2D eigenvalue weighted by Crippen LogP contribution is 2.29. The SMILES string of the molecule is CCc1noc(C)c1C(=O)Nc1ccc(OC)c(S(=O)(=O)N(C)C)c1. The van der Waals surface area contributed by atoms with E-state index in [-0.39, 0.29) is 10.6 Å². The molecule has 1 amide bonds. The summed E-state index contributed by atoms with van der Waals surface area (Å²) in [7, 11) is 0.508. The van der Waals surface area contributed by atoms with Gasteiger partial charge in [-0.2, -0.15) is 0 Å². The summed E-state index contributed by atoms with van der Waals surface area (Å²) in [5, 5.41) is 6.53. The first-order valence-corrected chi connectivity index (χ1v) is 9.03. The normalized spacial score (nSPS) is 11.6. The molecule has 0 radical (unpaired) electrons. The van der Waals surface area contributed by atoms with Gasteiger partial charge in [0.15, 0.2) is 0 Å². The smallest absolute Gasteiger partial charge is 0.261 e. The van der Waals surface area contributed by atoms with E-state index in [2.05, 4.69) is 10.5 Å². The number of methoxy groups -OCH3 is 1. The van der Waals surface area contributed by atoms with Crippen LogP contribution < -0.4 is 10.1 Å². The number of nitrogens with one attached hydrogen (secondary N) is 1. The molecule has 0 saturated carbocycles. The van der Waals surface area contributed by atoms with Crippen molar-refractivity contribution in [3.05, 3.63) is 35.2 Å². The van der Waals surface area contributed by atoms with E-state index in [1.165, 1.54) is 33.3 Å². The van der Waals surface area contributed by atoms with Crippen molar-refractivity contribution >= 4 is 21.6 Å². The highest BCUT2D eigenvalue weighted by Gasteiger charge is 2.24. The van der Waals surface area contributed by atoms with Crippen LogP contribution in [0.5, 0.6) is 5.75 Å². The fraction of sp³-hybridized carbons (Fsp3) is 0.375. The molecule has 0 aliphatic heterocycles. The zero-order valence-electron chi connectivity index (χ0n) is 14.8. The minimum absolute atomic E-state index is 0.0319. The van der Waals surface area contributed by atoms with E-state index in [1.807, 2.05) is 6.92 Å². The molecule has 2 aromatic rings. The Hall–Kier alpha value is -2.39. The minimum atomic E-state index is -3.73. The van der Waals surface area contributed by atoms with Crippen molar-refractivity contribution in [3.63, 3.8) is 0 Å². The second-order valence-corrected chi connectivity index (χ2v) is 7.64. The lowest BCUT2D eigenvalue weighted by atomic mass is 10.1. The lowest BCUT2D eigenvalue weighted by Crippen LogP contribution is -2.23. The molecule has 9 heteroatoms. The van der Waals surface area contributed by atoms with Crippen LogP contribution in [-0.4, -0.2) is 45.0 Å². The Morgan fingerprint density at radius 1 is 1.36 bits per heavy atom. The number of sulfonamides is 1. The van der Waals surface area contributed by atoms with E-state index in [4.69, 9.17) is 9.26 Å². The average Bonchev–Trinajstić information content (AvgIpc) is 2.95. The second-order valence-electron chi connectivity index (χ2n) is 5.52. The van der Waals surface area contributed by atoms with Crippen molar-refractivity contribution in [2.24, 2.45) is 0 Å². The fourth-order valence-corrected chi connectivity index (χ4v) is 3.37. The second kappa shape index (κ2) is 7.24. The molecule has 0 unspecified atom stereocenters. The van der Waals surface area contributed by atoms with E-state index in [1.54, 1.807) is 13.0 Å². The van der Waals surface area contributed by atoms with Gasteiger partial charge < -0.3 is 14.6 Å². The third kappa shape index (κ3) is 3.67. The predicted octanol–water partition coefficient (Wildman–Crippen LogP) is 2.06. The lowest BCUT2D eigenvalue weighted by Gasteiger charge is -2.16. The van der Waals surface area contributed by atoms with Crippen molar-refractivity contribution in [1.29, 1.82) is 0 Å². The number of amides is 1. The van der Waals surface area contributed by atoms with Crippen molar-refractivity contribution in [2.45, 2.75) is 25.2 Å². The summed E-state index contributed by atoms with van der Waals surface area (Å²) in [4.78, 5) is 12.5. The van der Waals surface area contributed by atoms with Crippen molar-refractivity contribution in [1.82, 2.24) is 9.46 Å². The summed E-state index contributed by atoms with van der Waals surface area (Å²) < 4.78 is 36.1. The molecule has 8 nitrogen and oxygen atoms in total. The van der Waals surface area contributed by atoms with Crippen molar-refractivity contribution in [2.75, 3.05) is 26.5 Å². The van der Waals surface area contributed by atoms with Crippen LogP contribution in [0, 0.1) is 6.92 Å². The predicted molar refractivity (Wildman–Crippen MR) is 92.4 cm³/mol. The molecule has 0 aliphatic carbocycles. The van der Waals surface area contributed by atoms with Crippen LogP contribution >= 0.6 is 0 Å². The molecule has 1 N–H and O–H groups in total. The van der Waals surface area contributed by atoms with Gasteiger partial charge in [0.2, 0.25) is 10.0 Å². The highest BCUT2D eigenvalue weighted by molar-refractivity contribution is 7.89. The van der Waals surface area contributed by atoms with Crippen LogP contribution in [0.2, 0.25) is 0 Å². The molecule has 1 heterocycles. The minimum Gasteiger partial charge on any atom is -0.495 e. The number of benzene rings is 1. The summed E-state index contributed by atoms with van der Waals surface area (Å²) in [6, 6.07) is 4.42. The molecular weight excluding hydrogens is 346 g/mol. The Labute approximate surface area is 146 Å². The van der Waals surface area contributed by atoms with Crippen LogP contribution in [0.25, 0.3) is 0 Å². The number of hydrogen-bond donors (Lipinski definition) is 1. The van der Waals surface area contributed by atoms with Gasteiger partial charge in [0, 0.05) is 19.8 Å². The van der Waals surface area contributed by atoms with Gasteiger partial charge in [-0.05, 0) is 31.5 Å². The largest absolute Gasteiger partial charge is 0.495 e. The van der Waals surface area contributed by atoms with E-state index >= 15 is 0 Å². The van der Waals surface area contributed by atoms with Crippen LogP contribution in [0.3, 0.4) is 0 Å². The summed E-state index contributed by atoms with van der Waals surface area (Å²) in [5.74, 6) is 0.195. The maximum atomic E-state index is 12.5. The molecule has 1 aromatic carbocycles. The summed E-state index contributed by atoms with van der Waals surface area (Å²) in [6.07, 6.45) is 0.545. The molecular formula is C16H21N3O5S. The zero-order valence-corrected chi connectivity index (χ0v) is 15.6. The molecule has 0 spiro atoms. The van der Waals surface area contributed by atoms with Crippen LogP contribution in [-0.2, 0) is 16.4 Å². The maximum Gasteiger partial charge on any atom is 0.261 e. The van der Waals surface area contributed by atoms with Crippen molar-refractivity contribution < 1.29 is 22.5 Å². The first-order valence-electron chi connectivity index (χ1n) is 7.59. The Morgan fingerprint density at radius 2 is 2.04 bits per heavy atom. The quantitative estimate of drug-likeness (QED) is 0.838. The standard InChI is InChI=1S/C16H21N3O5S/c1-6-12-15(10(2)24-18-12)16(20)17-11-7-8-13(23-5)14(9-11)25(21,22)19(3)4/h7-9H,6H2,1-5H3,(H,17,20). The number of anilines is 1. The van der Waals surface area contributed by atoms with Gasteiger partial charge in [-0.1, -0.05) is 12.1 Å². The van der Waals surface area contributed by atoms with Crippen LogP contribution in [0.1, 0.15) is 28.7 Å². The van der Waals surface area contributed by atoms with Gasteiger partial charge in [0.05, 0.1) is 12.8 Å². The maximum absolute atomic E-state index is 12.5. The summed E-state index contributed by atoms with van der Waals surface area (Å²) in [5.41, 5.74) is 1.23. The number of carbonyl (C=O) groups is 1. The Kier molecular flexibility index (Phi) is 5.48. The van der Waals surface area contributed by atoms with Gasteiger partial charge in [0.1, 0.15) is 22.0 Å². The number of aromatic nitrogens is 1.